The van der Waals surface area contributed by atoms with E-state index in [-0.39, 0.29) is 10.8 Å². The summed E-state index contributed by atoms with van der Waals surface area (Å²) in [7, 11) is 1.59. The molecule has 1 saturated carbocycles. The molecule has 1 aliphatic carbocycles. The maximum atomic E-state index is 6.08. The van der Waals surface area contributed by atoms with Crippen molar-refractivity contribution < 1.29 is 4.74 Å². The first-order valence-corrected chi connectivity index (χ1v) is 7.21. The fraction of sp³-hybridized carbons (Fsp3) is 0.643. The molecule has 3 rings (SSSR count). The Morgan fingerprint density at radius 3 is 2.40 bits per heavy atom. The van der Waals surface area contributed by atoms with Crippen LogP contribution < -0.4 is 4.74 Å². The molecule has 0 radical (unpaired) electrons. The first-order valence-electron chi connectivity index (χ1n) is 6.68. The molecule has 20 heavy (non-hydrogen) atoms. The second-order valence-electron chi connectivity index (χ2n) is 6.43. The smallest absolute Gasteiger partial charge is 0.245 e. The first kappa shape index (κ1) is 13.6. The number of halogens is 1. The lowest BCUT2D eigenvalue weighted by atomic mass is 10.0. The van der Waals surface area contributed by atoms with Gasteiger partial charge in [-0.05, 0) is 10.8 Å². The Bertz CT molecular complexity index is 663. The highest BCUT2D eigenvalue weighted by atomic mass is 35.5. The number of rotatable bonds is 3. The molecule has 0 spiro atoms. The summed E-state index contributed by atoms with van der Waals surface area (Å²) in [6.45, 7) is 9.06. The quantitative estimate of drug-likeness (QED) is 0.816. The van der Waals surface area contributed by atoms with Gasteiger partial charge in [0.25, 0.3) is 0 Å². The highest BCUT2D eigenvalue weighted by Gasteiger charge is 2.66. The Kier molecular flexibility index (Phi) is 2.77. The second kappa shape index (κ2) is 4.07. The number of aromatic nitrogens is 4. The van der Waals surface area contributed by atoms with Crippen molar-refractivity contribution in [3.63, 3.8) is 0 Å². The van der Waals surface area contributed by atoms with Crippen LogP contribution in [0.1, 0.15) is 39.6 Å². The molecule has 1 aliphatic rings. The molecule has 0 N–H and O–H groups in total. The predicted octanol–water partition coefficient (Wildman–Crippen LogP) is 3.18. The van der Waals surface area contributed by atoms with E-state index >= 15 is 0 Å². The van der Waals surface area contributed by atoms with E-state index in [9.17, 15) is 0 Å². The molecule has 0 aromatic carbocycles. The minimum atomic E-state index is 0.180. The van der Waals surface area contributed by atoms with E-state index in [1.165, 1.54) is 6.33 Å². The number of fused-ring (bicyclic) bond motifs is 1. The minimum absolute atomic E-state index is 0.180. The van der Waals surface area contributed by atoms with Gasteiger partial charge in [0.2, 0.25) is 5.88 Å². The van der Waals surface area contributed by atoms with Gasteiger partial charge in [-0.1, -0.05) is 27.7 Å². The van der Waals surface area contributed by atoms with Crippen molar-refractivity contribution in [1.29, 1.82) is 0 Å². The van der Waals surface area contributed by atoms with E-state index in [1.807, 2.05) is 0 Å². The minimum Gasteiger partial charge on any atom is -0.479 e. The highest BCUT2D eigenvalue weighted by Crippen LogP contribution is 2.72. The molecule has 0 unspecified atom stereocenters. The molecule has 2 aromatic heterocycles. The van der Waals surface area contributed by atoms with Crippen LogP contribution in [-0.2, 0) is 5.88 Å². The maximum Gasteiger partial charge on any atom is 0.245 e. The number of methoxy groups -OCH3 is 1. The summed E-state index contributed by atoms with van der Waals surface area (Å²) < 4.78 is 7.43. The van der Waals surface area contributed by atoms with Crippen molar-refractivity contribution in [3.05, 3.63) is 12.2 Å². The molecular weight excluding hydrogens is 276 g/mol. The van der Waals surface area contributed by atoms with Crippen LogP contribution in [0.25, 0.3) is 11.2 Å². The van der Waals surface area contributed by atoms with Crippen molar-refractivity contribution in [2.75, 3.05) is 7.11 Å². The number of nitrogens with zero attached hydrogens (tertiary/aromatic N) is 4. The molecule has 5 nitrogen and oxygen atoms in total. The molecule has 1 fully saturated rings. The largest absolute Gasteiger partial charge is 0.479 e. The number of hydrogen-bond donors (Lipinski definition) is 0. The summed E-state index contributed by atoms with van der Waals surface area (Å²) in [4.78, 5) is 13.1. The Morgan fingerprint density at radius 2 is 1.90 bits per heavy atom. The van der Waals surface area contributed by atoms with E-state index in [1.54, 1.807) is 7.11 Å². The van der Waals surface area contributed by atoms with Crippen LogP contribution in [-0.4, -0.2) is 26.6 Å². The van der Waals surface area contributed by atoms with Crippen LogP contribution >= 0.6 is 11.6 Å². The van der Waals surface area contributed by atoms with Crippen LogP contribution in [0.5, 0.6) is 5.88 Å². The zero-order valence-corrected chi connectivity index (χ0v) is 13.2. The van der Waals surface area contributed by atoms with Gasteiger partial charge in [-0.2, -0.15) is 4.98 Å². The van der Waals surface area contributed by atoms with Gasteiger partial charge in [0.05, 0.1) is 13.0 Å². The second-order valence-corrected chi connectivity index (χ2v) is 6.70. The topological polar surface area (TPSA) is 52.8 Å². The van der Waals surface area contributed by atoms with Crippen LogP contribution in [0.2, 0.25) is 0 Å². The van der Waals surface area contributed by atoms with Gasteiger partial charge >= 0.3 is 0 Å². The average Bonchev–Trinajstić information content (AvgIpc) is 2.73. The van der Waals surface area contributed by atoms with E-state index in [2.05, 4.69) is 47.2 Å². The fourth-order valence-electron chi connectivity index (χ4n) is 3.26. The third-order valence-corrected chi connectivity index (χ3v) is 5.27. The van der Waals surface area contributed by atoms with Crippen molar-refractivity contribution in [2.45, 2.75) is 39.6 Å². The summed E-state index contributed by atoms with van der Waals surface area (Å²) >= 11 is 6.08. The summed E-state index contributed by atoms with van der Waals surface area (Å²) in [5.41, 5.74) is 1.85. The lowest BCUT2D eigenvalue weighted by molar-refractivity contribution is 0.401. The Labute approximate surface area is 123 Å². The number of hydrogen-bond acceptors (Lipinski definition) is 4. The molecule has 108 valence electrons. The van der Waals surface area contributed by atoms with Gasteiger partial charge in [-0.25, -0.2) is 9.97 Å². The molecular formula is C14H19ClN4O. The van der Waals surface area contributed by atoms with Crippen LogP contribution in [0, 0.1) is 10.8 Å². The molecule has 0 bridgehead atoms. The van der Waals surface area contributed by atoms with E-state index in [0.29, 0.717) is 23.3 Å². The van der Waals surface area contributed by atoms with Crippen LogP contribution in [0.3, 0.4) is 0 Å². The standard InChI is InChI=1S/C14H19ClN4O/c1-13(2)12(14(13,3)4)19-8(6-15)18-9-10(19)16-7-17-11(9)20-5/h7,12H,6H2,1-5H3. The maximum absolute atomic E-state index is 6.08. The van der Waals surface area contributed by atoms with Crippen LogP contribution in [0.15, 0.2) is 6.33 Å². The van der Waals surface area contributed by atoms with Gasteiger partial charge < -0.3 is 9.30 Å². The number of ether oxygens (including phenoxy) is 1. The average molecular weight is 295 g/mol. The van der Waals surface area contributed by atoms with Crippen molar-refractivity contribution in [1.82, 2.24) is 19.5 Å². The molecule has 0 aliphatic heterocycles. The lowest BCUT2D eigenvalue weighted by Crippen LogP contribution is -2.06. The zero-order valence-electron chi connectivity index (χ0n) is 12.4. The van der Waals surface area contributed by atoms with Gasteiger partial charge in [0.1, 0.15) is 12.2 Å². The highest BCUT2D eigenvalue weighted by molar-refractivity contribution is 6.16. The van der Waals surface area contributed by atoms with Gasteiger partial charge in [-0.15, -0.1) is 11.6 Å². The Balaban J connectivity index is 2.26. The molecule has 6 heteroatoms. The summed E-state index contributed by atoms with van der Waals surface area (Å²) in [6, 6.07) is 0.327. The van der Waals surface area contributed by atoms with Gasteiger partial charge in [-0.3, -0.25) is 0 Å². The third kappa shape index (κ3) is 1.53. The molecule has 2 heterocycles. The fourth-order valence-corrected chi connectivity index (χ4v) is 3.44. The Morgan fingerprint density at radius 1 is 1.25 bits per heavy atom. The van der Waals surface area contributed by atoms with Crippen molar-refractivity contribution in [2.24, 2.45) is 10.8 Å². The third-order valence-electron chi connectivity index (χ3n) is 5.03. The molecule has 2 aromatic rings. The number of alkyl halides is 1. The Hall–Kier alpha value is -1.36. The van der Waals surface area contributed by atoms with Gasteiger partial charge in [0.15, 0.2) is 11.2 Å². The first-order chi connectivity index (χ1) is 9.36. The number of imidazole rings is 1. The normalized spacial score (nSPS) is 20.3. The lowest BCUT2D eigenvalue weighted by Gasteiger charge is -2.09. The van der Waals surface area contributed by atoms with E-state index < -0.39 is 0 Å². The van der Waals surface area contributed by atoms with E-state index in [4.69, 9.17) is 16.3 Å². The zero-order chi connectivity index (χ0) is 14.7. The van der Waals surface area contributed by atoms with Gasteiger partial charge in [0, 0.05) is 6.04 Å². The van der Waals surface area contributed by atoms with Crippen LogP contribution in [0.4, 0.5) is 0 Å². The van der Waals surface area contributed by atoms with Crippen molar-refractivity contribution >= 4 is 22.8 Å². The summed E-state index contributed by atoms with van der Waals surface area (Å²) in [6.07, 6.45) is 1.51. The monoisotopic (exact) mass is 294 g/mol. The summed E-state index contributed by atoms with van der Waals surface area (Å²) in [5, 5.41) is 0. The predicted molar refractivity (Wildman–Crippen MR) is 78.0 cm³/mol. The summed E-state index contributed by atoms with van der Waals surface area (Å²) in [5.74, 6) is 1.67. The molecule has 0 amide bonds. The van der Waals surface area contributed by atoms with E-state index in [0.717, 1.165) is 11.5 Å². The molecule has 0 atom stereocenters. The van der Waals surface area contributed by atoms with Crippen molar-refractivity contribution in [3.8, 4) is 5.88 Å². The molecule has 0 saturated heterocycles. The SMILES string of the molecule is COc1ncnc2c1nc(CCl)n2C1C(C)(C)C1(C)C.